The Kier molecular flexibility index (Phi) is 7.24. The van der Waals surface area contributed by atoms with Crippen LogP contribution in [0.5, 0.6) is 0 Å². The van der Waals surface area contributed by atoms with Crippen molar-refractivity contribution in [3.63, 3.8) is 0 Å². The van der Waals surface area contributed by atoms with Crippen molar-refractivity contribution in [3.05, 3.63) is 181 Å². The van der Waals surface area contributed by atoms with Crippen LogP contribution >= 0.6 is 0 Å². The molecule has 0 amide bonds. The molecule has 1 fully saturated rings. The highest BCUT2D eigenvalue weighted by Gasteiger charge is 2.49. The van der Waals surface area contributed by atoms with Gasteiger partial charge in [0.15, 0.2) is 0 Å². The fraction of sp³-hybridized carbons (Fsp3) is 0.192. The van der Waals surface area contributed by atoms with Crippen molar-refractivity contribution < 1.29 is 0 Å². The van der Waals surface area contributed by atoms with Crippen molar-refractivity contribution in [1.29, 1.82) is 0 Å². The molecule has 262 valence electrons. The standard InChI is InChI=1S/C52H44N2/c1-35-26-36-27-37-29-42(28-36)52(33-35,34-37)41-14-11-17-45(32-41)53(43-15-3-2-4-16-43)44-24-22-38(23-25-44)46-18-7-9-20-49(46)54-50-21-10-8-19-47(50)48-30-39-12-5-6-13-40(39)31-51(48)54/h2-25,29-32,35-37H,26-28,33-34H2,1H3/t35-,36-,37+,52?/m0/s1. The zero-order valence-electron chi connectivity index (χ0n) is 30.8. The van der Waals surface area contributed by atoms with E-state index in [1.165, 1.54) is 104 Å². The van der Waals surface area contributed by atoms with Crippen molar-refractivity contribution in [2.24, 2.45) is 17.8 Å². The minimum atomic E-state index is 0.181. The number of para-hydroxylation sites is 3. The molecule has 1 saturated carbocycles. The quantitative estimate of drug-likeness (QED) is 0.157. The molecule has 0 spiro atoms. The van der Waals surface area contributed by atoms with Gasteiger partial charge in [0.25, 0.3) is 0 Å². The number of hydrogen-bond acceptors (Lipinski definition) is 1. The number of nitrogens with zero attached hydrogens (tertiary/aromatic N) is 2. The molecule has 3 aliphatic carbocycles. The number of fused-ring (bicyclic) bond motifs is 6. The highest BCUT2D eigenvalue weighted by atomic mass is 15.1. The summed E-state index contributed by atoms with van der Waals surface area (Å²) < 4.78 is 2.46. The first-order valence-corrected chi connectivity index (χ1v) is 19.9. The smallest absolute Gasteiger partial charge is 0.0547 e. The zero-order valence-corrected chi connectivity index (χ0v) is 30.8. The highest BCUT2D eigenvalue weighted by Crippen LogP contribution is 2.59. The van der Waals surface area contributed by atoms with Gasteiger partial charge in [-0.25, -0.2) is 0 Å². The number of allylic oxidation sites excluding steroid dienone is 2. The minimum absolute atomic E-state index is 0.181. The molecule has 11 rings (SSSR count). The van der Waals surface area contributed by atoms with E-state index < -0.39 is 0 Å². The monoisotopic (exact) mass is 696 g/mol. The fourth-order valence-corrected chi connectivity index (χ4v) is 11.0. The molecule has 7 aromatic carbocycles. The van der Waals surface area contributed by atoms with Gasteiger partial charge < -0.3 is 9.47 Å². The van der Waals surface area contributed by atoms with Gasteiger partial charge in [-0.3, -0.25) is 0 Å². The molecule has 0 radical (unpaired) electrons. The largest absolute Gasteiger partial charge is 0.310 e. The molecule has 1 unspecified atom stereocenters. The Hall–Kier alpha value is -5.86. The summed E-state index contributed by atoms with van der Waals surface area (Å²) in [6, 6.07) is 60.9. The van der Waals surface area contributed by atoms with Crippen LogP contribution in [0, 0.1) is 17.8 Å². The molecule has 2 nitrogen and oxygen atoms in total. The Morgan fingerprint density at radius 3 is 2.17 bits per heavy atom. The summed E-state index contributed by atoms with van der Waals surface area (Å²) in [6.45, 7) is 2.50. The van der Waals surface area contributed by atoms with Crippen molar-refractivity contribution in [2.45, 2.75) is 44.4 Å². The molecule has 1 aromatic heterocycles. The molecule has 0 N–H and O–H groups in total. The molecule has 3 aliphatic rings. The molecule has 8 aromatic rings. The van der Waals surface area contributed by atoms with Crippen LogP contribution in [-0.2, 0) is 5.41 Å². The lowest BCUT2D eigenvalue weighted by molar-refractivity contribution is 0.272. The van der Waals surface area contributed by atoms with Crippen LogP contribution in [0.25, 0.3) is 49.4 Å². The van der Waals surface area contributed by atoms with Crippen molar-refractivity contribution in [1.82, 2.24) is 4.57 Å². The van der Waals surface area contributed by atoms with Crippen LogP contribution in [-0.4, -0.2) is 4.57 Å². The van der Waals surface area contributed by atoms with Gasteiger partial charge in [0.1, 0.15) is 0 Å². The van der Waals surface area contributed by atoms with Crippen LogP contribution < -0.4 is 4.90 Å². The summed E-state index contributed by atoms with van der Waals surface area (Å²) >= 11 is 0. The van der Waals surface area contributed by atoms with Gasteiger partial charge in [-0.1, -0.05) is 122 Å². The summed E-state index contributed by atoms with van der Waals surface area (Å²) in [5.74, 6) is 2.38. The summed E-state index contributed by atoms with van der Waals surface area (Å²) in [4.78, 5) is 2.45. The fourth-order valence-electron chi connectivity index (χ4n) is 11.0. The Labute approximate surface area is 318 Å². The Morgan fingerprint density at radius 1 is 0.574 bits per heavy atom. The third-order valence-corrected chi connectivity index (χ3v) is 13.0. The highest BCUT2D eigenvalue weighted by molar-refractivity contribution is 6.14. The molecule has 2 heteroatoms. The van der Waals surface area contributed by atoms with Crippen LogP contribution in [0.4, 0.5) is 17.1 Å². The summed E-state index contributed by atoms with van der Waals surface area (Å²) in [6.07, 6.45) is 9.30. The van der Waals surface area contributed by atoms with Gasteiger partial charge in [-0.15, -0.1) is 0 Å². The van der Waals surface area contributed by atoms with Crippen LogP contribution in [0.1, 0.15) is 44.6 Å². The molecule has 3 bridgehead atoms. The molecular weight excluding hydrogens is 653 g/mol. The SMILES string of the molecule is C[C@H]1C[C@@H]2CC3=C[C@@H](C2)CC3(c2cccc(N(c3ccccc3)c3ccc(-c4ccccc4-n4c5ccccc5c5cc6ccccc6cc54)cc3)c2)C1. The van der Waals surface area contributed by atoms with E-state index in [2.05, 4.69) is 186 Å². The first kappa shape index (κ1) is 31.6. The van der Waals surface area contributed by atoms with E-state index in [1.54, 1.807) is 5.57 Å². The number of benzene rings is 7. The van der Waals surface area contributed by atoms with Gasteiger partial charge in [0.05, 0.1) is 16.7 Å². The van der Waals surface area contributed by atoms with Crippen LogP contribution in [0.2, 0.25) is 0 Å². The van der Waals surface area contributed by atoms with Crippen molar-refractivity contribution in [3.8, 4) is 16.8 Å². The van der Waals surface area contributed by atoms with Gasteiger partial charge in [0, 0.05) is 38.8 Å². The van der Waals surface area contributed by atoms with E-state index in [-0.39, 0.29) is 5.41 Å². The third-order valence-electron chi connectivity index (χ3n) is 13.0. The predicted molar refractivity (Wildman–Crippen MR) is 227 cm³/mol. The molecule has 54 heavy (non-hydrogen) atoms. The van der Waals surface area contributed by atoms with Gasteiger partial charge >= 0.3 is 0 Å². The zero-order chi connectivity index (χ0) is 35.8. The normalized spacial score (nSPS) is 21.8. The summed E-state index contributed by atoms with van der Waals surface area (Å²) in [5, 5.41) is 5.08. The molecule has 1 heterocycles. The van der Waals surface area contributed by atoms with E-state index in [0.29, 0.717) is 0 Å². The lowest BCUT2D eigenvalue weighted by Gasteiger charge is -2.36. The average molecular weight is 697 g/mol. The molecule has 4 atom stereocenters. The van der Waals surface area contributed by atoms with E-state index >= 15 is 0 Å². The first-order valence-electron chi connectivity index (χ1n) is 19.9. The number of rotatable bonds is 6. The maximum Gasteiger partial charge on any atom is 0.0547 e. The van der Waals surface area contributed by atoms with Gasteiger partial charge in [-0.2, -0.15) is 0 Å². The van der Waals surface area contributed by atoms with E-state index in [4.69, 9.17) is 0 Å². The van der Waals surface area contributed by atoms with E-state index in [1.807, 2.05) is 0 Å². The van der Waals surface area contributed by atoms with Crippen molar-refractivity contribution >= 4 is 49.6 Å². The second-order valence-corrected chi connectivity index (χ2v) is 16.4. The maximum atomic E-state index is 2.67. The molecule has 0 aliphatic heterocycles. The summed E-state index contributed by atoms with van der Waals surface area (Å²) in [5.41, 5.74) is 13.1. The summed E-state index contributed by atoms with van der Waals surface area (Å²) in [7, 11) is 0. The Morgan fingerprint density at radius 2 is 1.30 bits per heavy atom. The van der Waals surface area contributed by atoms with Crippen molar-refractivity contribution in [2.75, 3.05) is 4.90 Å². The lowest BCUT2D eigenvalue weighted by Crippen LogP contribution is -2.28. The lowest BCUT2D eigenvalue weighted by atomic mass is 9.69. The van der Waals surface area contributed by atoms with Gasteiger partial charge in [-0.05, 0) is 132 Å². The van der Waals surface area contributed by atoms with Crippen LogP contribution in [0.15, 0.2) is 175 Å². The Balaban J connectivity index is 1.02. The molecule has 0 saturated heterocycles. The topological polar surface area (TPSA) is 8.17 Å². The van der Waals surface area contributed by atoms with E-state index in [0.717, 1.165) is 17.8 Å². The predicted octanol–water partition coefficient (Wildman–Crippen LogP) is 14.1. The third kappa shape index (κ3) is 5.00. The Bertz CT molecular complexity index is 2730. The number of anilines is 3. The second kappa shape index (κ2) is 12.4. The number of aromatic nitrogens is 1. The first-order chi connectivity index (χ1) is 26.6. The maximum absolute atomic E-state index is 2.67. The van der Waals surface area contributed by atoms with Crippen LogP contribution in [0.3, 0.4) is 0 Å². The second-order valence-electron chi connectivity index (χ2n) is 16.4. The minimum Gasteiger partial charge on any atom is -0.310 e. The molecular formula is C52H44N2. The van der Waals surface area contributed by atoms with E-state index in [9.17, 15) is 0 Å². The average Bonchev–Trinajstić information content (AvgIpc) is 3.63. The van der Waals surface area contributed by atoms with Gasteiger partial charge in [0.2, 0.25) is 0 Å². The number of hydrogen-bond donors (Lipinski definition) is 0.